The fourth-order valence-electron chi connectivity index (χ4n) is 2.01. The Morgan fingerprint density at radius 2 is 1.86 bits per heavy atom. The van der Waals surface area contributed by atoms with E-state index in [1.165, 1.54) is 0 Å². The summed E-state index contributed by atoms with van der Waals surface area (Å²) in [4.78, 5) is 15.1. The third kappa shape index (κ3) is 3.82. The molecule has 1 unspecified atom stereocenters. The molecule has 0 heterocycles. The van der Waals surface area contributed by atoms with Gasteiger partial charge in [0.05, 0.1) is 11.6 Å². The summed E-state index contributed by atoms with van der Waals surface area (Å²) in [6, 6.07) is 12.9. The summed E-state index contributed by atoms with van der Waals surface area (Å²) in [6.07, 6.45) is 0. The molecule has 110 valence electrons. The van der Waals surface area contributed by atoms with Crippen LogP contribution < -0.4 is 0 Å². The zero-order chi connectivity index (χ0) is 15.6. The smallest absolute Gasteiger partial charge is 0.255 e. The van der Waals surface area contributed by atoms with Crippen LogP contribution in [0.4, 0.5) is 0 Å². The monoisotopic (exact) mass is 383 g/mol. The van der Waals surface area contributed by atoms with Crippen LogP contribution in [0.1, 0.15) is 28.9 Å². The molecule has 0 aliphatic carbocycles. The zero-order valence-corrected chi connectivity index (χ0v) is 14.9. The molecule has 2 aromatic rings. The molecule has 2 nitrogen and oxygen atoms in total. The van der Waals surface area contributed by atoms with E-state index in [2.05, 4.69) is 28.6 Å². The van der Waals surface area contributed by atoms with Crippen molar-refractivity contribution in [2.24, 2.45) is 0 Å². The molecular weight excluding hydrogens is 370 g/mol. The van der Waals surface area contributed by atoms with E-state index in [0.717, 1.165) is 14.9 Å². The summed E-state index contributed by atoms with van der Waals surface area (Å²) in [5.74, 6) is -0.0553. The highest BCUT2D eigenvalue weighted by molar-refractivity contribution is 9.10. The predicted octanol–water partition coefficient (Wildman–Crippen LogP) is 5.22. The zero-order valence-electron chi connectivity index (χ0n) is 11.7. The Morgan fingerprint density at radius 3 is 2.48 bits per heavy atom. The van der Waals surface area contributed by atoms with E-state index < -0.39 is 0 Å². The highest BCUT2D eigenvalue weighted by Gasteiger charge is 2.20. The summed E-state index contributed by atoms with van der Waals surface area (Å²) < 4.78 is 0.764. The van der Waals surface area contributed by atoms with Crippen molar-refractivity contribution in [3.05, 3.63) is 63.1 Å². The number of thiol groups is 1. The van der Waals surface area contributed by atoms with Gasteiger partial charge in [0.15, 0.2) is 0 Å². The molecule has 0 spiro atoms. The minimum atomic E-state index is -0.0553. The van der Waals surface area contributed by atoms with Crippen LogP contribution in [0, 0.1) is 0 Å². The highest BCUT2D eigenvalue weighted by atomic mass is 79.9. The Bertz CT molecular complexity index is 660. The van der Waals surface area contributed by atoms with Crippen molar-refractivity contribution in [1.29, 1.82) is 0 Å². The quantitative estimate of drug-likeness (QED) is 0.719. The molecule has 0 bridgehead atoms. The molecule has 2 aromatic carbocycles. The van der Waals surface area contributed by atoms with Crippen LogP contribution in [-0.2, 0) is 0 Å². The first kappa shape index (κ1) is 16.4. The molecule has 0 aromatic heterocycles. The van der Waals surface area contributed by atoms with Gasteiger partial charge in [-0.3, -0.25) is 4.79 Å². The second-order valence-electron chi connectivity index (χ2n) is 4.81. The summed E-state index contributed by atoms with van der Waals surface area (Å²) in [6.45, 7) is 1.99. The van der Waals surface area contributed by atoms with Gasteiger partial charge in [0.1, 0.15) is 0 Å². The van der Waals surface area contributed by atoms with E-state index in [1.807, 2.05) is 43.3 Å². The number of hydrogen-bond donors (Lipinski definition) is 1. The first-order valence-corrected chi connectivity index (χ1v) is 8.03. The second kappa shape index (κ2) is 6.86. The Kier molecular flexibility index (Phi) is 5.36. The maximum Gasteiger partial charge on any atom is 0.255 e. The molecule has 1 atom stereocenters. The van der Waals surface area contributed by atoms with Crippen molar-refractivity contribution >= 4 is 46.1 Å². The van der Waals surface area contributed by atoms with E-state index in [-0.39, 0.29) is 11.9 Å². The SMILES string of the molecule is CC(c1ccc(Cl)cc1)N(C)C(=O)c1cc(S)ccc1Br. The Balaban J connectivity index is 2.26. The summed E-state index contributed by atoms with van der Waals surface area (Å²) in [5, 5.41) is 0.686. The minimum Gasteiger partial charge on any atom is -0.335 e. The Morgan fingerprint density at radius 1 is 1.24 bits per heavy atom. The third-order valence-corrected chi connectivity index (χ3v) is 4.66. The first-order chi connectivity index (χ1) is 9.90. The van der Waals surface area contributed by atoms with E-state index in [1.54, 1.807) is 18.0 Å². The number of rotatable bonds is 3. The number of halogens is 2. The Labute approximate surface area is 143 Å². The van der Waals surface area contributed by atoms with Crippen LogP contribution in [0.5, 0.6) is 0 Å². The topological polar surface area (TPSA) is 20.3 Å². The summed E-state index contributed by atoms with van der Waals surface area (Å²) in [5.41, 5.74) is 1.64. The van der Waals surface area contributed by atoms with Crippen LogP contribution in [-0.4, -0.2) is 17.9 Å². The van der Waals surface area contributed by atoms with Crippen LogP contribution in [0.3, 0.4) is 0 Å². The molecule has 0 aliphatic rings. The van der Waals surface area contributed by atoms with Gasteiger partial charge >= 0.3 is 0 Å². The van der Waals surface area contributed by atoms with Crippen LogP contribution >= 0.6 is 40.2 Å². The number of amides is 1. The molecule has 0 saturated carbocycles. The molecule has 5 heteroatoms. The average Bonchev–Trinajstić information content (AvgIpc) is 2.48. The van der Waals surface area contributed by atoms with Gasteiger partial charge in [-0.05, 0) is 58.7 Å². The molecule has 0 aliphatic heterocycles. The molecule has 2 rings (SSSR count). The number of carbonyl (C=O) groups is 1. The van der Waals surface area contributed by atoms with Crippen molar-refractivity contribution in [1.82, 2.24) is 4.90 Å². The second-order valence-corrected chi connectivity index (χ2v) is 6.61. The molecule has 0 saturated heterocycles. The van der Waals surface area contributed by atoms with Gasteiger partial charge in [0.25, 0.3) is 5.91 Å². The molecular formula is C16H15BrClNOS. The van der Waals surface area contributed by atoms with E-state index >= 15 is 0 Å². The van der Waals surface area contributed by atoms with Crippen molar-refractivity contribution in [3.63, 3.8) is 0 Å². The fourth-order valence-corrected chi connectivity index (χ4v) is 2.75. The maximum atomic E-state index is 12.6. The molecule has 21 heavy (non-hydrogen) atoms. The van der Waals surface area contributed by atoms with Crippen molar-refractivity contribution in [3.8, 4) is 0 Å². The minimum absolute atomic E-state index is 0.0507. The van der Waals surface area contributed by atoms with Crippen molar-refractivity contribution in [2.75, 3.05) is 7.05 Å². The van der Waals surface area contributed by atoms with Gasteiger partial charge in [0, 0.05) is 21.4 Å². The molecule has 0 fully saturated rings. The van der Waals surface area contributed by atoms with E-state index in [4.69, 9.17) is 11.6 Å². The van der Waals surface area contributed by atoms with Crippen molar-refractivity contribution < 1.29 is 4.79 Å². The lowest BCUT2D eigenvalue weighted by Crippen LogP contribution is -2.29. The standard InChI is InChI=1S/C16H15BrClNOS/c1-10(11-3-5-12(18)6-4-11)19(2)16(20)14-9-13(21)7-8-15(14)17/h3-10,21H,1-2H3. The largest absolute Gasteiger partial charge is 0.335 e. The maximum absolute atomic E-state index is 12.6. The van der Waals surface area contributed by atoms with Gasteiger partial charge in [0.2, 0.25) is 0 Å². The van der Waals surface area contributed by atoms with Gasteiger partial charge in [-0.15, -0.1) is 12.6 Å². The summed E-state index contributed by atoms with van der Waals surface area (Å²) >= 11 is 13.6. The average molecular weight is 385 g/mol. The summed E-state index contributed by atoms with van der Waals surface area (Å²) in [7, 11) is 1.79. The normalized spacial score (nSPS) is 12.0. The van der Waals surface area contributed by atoms with Crippen LogP contribution in [0.2, 0.25) is 5.02 Å². The van der Waals surface area contributed by atoms with Gasteiger partial charge in [-0.2, -0.15) is 0 Å². The lowest BCUT2D eigenvalue weighted by atomic mass is 10.1. The molecule has 1 amide bonds. The van der Waals surface area contributed by atoms with Gasteiger partial charge in [-0.1, -0.05) is 23.7 Å². The van der Waals surface area contributed by atoms with Crippen LogP contribution in [0.25, 0.3) is 0 Å². The van der Waals surface area contributed by atoms with E-state index in [0.29, 0.717) is 10.6 Å². The lowest BCUT2D eigenvalue weighted by Gasteiger charge is -2.26. The van der Waals surface area contributed by atoms with Gasteiger partial charge in [-0.25, -0.2) is 0 Å². The first-order valence-electron chi connectivity index (χ1n) is 6.41. The van der Waals surface area contributed by atoms with Crippen molar-refractivity contribution in [2.45, 2.75) is 17.9 Å². The van der Waals surface area contributed by atoms with Crippen LogP contribution in [0.15, 0.2) is 51.8 Å². The molecule has 0 radical (unpaired) electrons. The number of hydrogen-bond acceptors (Lipinski definition) is 2. The predicted molar refractivity (Wildman–Crippen MR) is 93.4 cm³/mol. The number of nitrogens with zero attached hydrogens (tertiary/aromatic N) is 1. The van der Waals surface area contributed by atoms with E-state index in [9.17, 15) is 4.79 Å². The lowest BCUT2D eigenvalue weighted by molar-refractivity contribution is 0.0741. The molecule has 0 N–H and O–H groups in total. The Hall–Kier alpha value is -0.970. The highest BCUT2D eigenvalue weighted by Crippen LogP contribution is 2.26. The fraction of sp³-hybridized carbons (Fsp3) is 0.188. The van der Waals surface area contributed by atoms with Gasteiger partial charge < -0.3 is 4.90 Å². The number of benzene rings is 2. The third-order valence-electron chi connectivity index (χ3n) is 3.43. The number of carbonyl (C=O) groups excluding carboxylic acids is 1.